The summed E-state index contributed by atoms with van der Waals surface area (Å²) in [4.78, 5) is 0. The highest BCUT2D eigenvalue weighted by molar-refractivity contribution is 8.04. The number of thioether (sulfide) groups is 1. The molecule has 3 atom stereocenters. The first-order valence-corrected chi connectivity index (χ1v) is 12.9. The van der Waals surface area contributed by atoms with Crippen LogP contribution in [0.2, 0.25) is 12.1 Å². The van der Waals surface area contributed by atoms with Gasteiger partial charge in [0.25, 0.3) is 0 Å². The molecule has 0 N–H and O–H groups in total. The number of rotatable bonds is 6. The molecule has 1 aliphatic heterocycles. The summed E-state index contributed by atoms with van der Waals surface area (Å²) >= 11 is 1.84. The van der Waals surface area contributed by atoms with Crippen LogP contribution in [0.4, 0.5) is 0 Å². The van der Waals surface area contributed by atoms with Gasteiger partial charge >= 0.3 is 8.56 Å². The van der Waals surface area contributed by atoms with Crippen molar-refractivity contribution in [3.8, 4) is 0 Å². The fraction of sp³-hybridized carbons (Fsp3) is 0.900. The average Bonchev–Trinajstić information content (AvgIpc) is 2.42. The Morgan fingerprint density at radius 3 is 2.33 bits per heavy atom. The third kappa shape index (κ3) is 5.53. The van der Waals surface area contributed by atoms with E-state index >= 15 is 0 Å². The zero-order valence-electron chi connectivity index (χ0n) is 16.9. The highest BCUT2D eigenvalue weighted by Gasteiger charge is 2.50. The summed E-state index contributed by atoms with van der Waals surface area (Å²) < 4.78 is 13.7. The predicted molar refractivity (Wildman–Crippen MR) is 108 cm³/mol. The Hall–Kier alpha value is 0.0669. The maximum absolute atomic E-state index is 6.87. The van der Waals surface area contributed by atoms with Gasteiger partial charge in [-0.1, -0.05) is 59.7 Å². The van der Waals surface area contributed by atoms with E-state index in [-0.39, 0.29) is 4.75 Å². The fourth-order valence-electron chi connectivity index (χ4n) is 3.86. The highest BCUT2D eigenvalue weighted by Crippen LogP contribution is 2.45. The topological polar surface area (TPSA) is 18.5 Å². The molecule has 0 spiro atoms. The van der Waals surface area contributed by atoms with Crippen molar-refractivity contribution in [2.75, 3.05) is 0 Å². The van der Waals surface area contributed by atoms with Crippen LogP contribution in [-0.4, -0.2) is 19.4 Å². The summed E-state index contributed by atoms with van der Waals surface area (Å²) in [5.74, 6) is 2.21. The van der Waals surface area contributed by atoms with Gasteiger partial charge in [-0.05, 0) is 50.0 Å². The van der Waals surface area contributed by atoms with Crippen molar-refractivity contribution in [3.05, 3.63) is 11.2 Å². The van der Waals surface area contributed by atoms with Crippen LogP contribution in [-0.2, 0) is 8.85 Å². The molecule has 2 nitrogen and oxygen atoms in total. The lowest BCUT2D eigenvalue weighted by Crippen LogP contribution is -2.53. The average molecular weight is 371 g/mol. The Balaban J connectivity index is 2.06. The minimum absolute atomic E-state index is 0.182. The first kappa shape index (κ1) is 20.4. The SMILES string of the molecule is C/C=C(/O[Si]1(O[C@@H]2C[C@H](C)CC[C@H]2C(C)C)CCC1)SC(C)(C)C. The van der Waals surface area contributed by atoms with Crippen molar-refractivity contribution < 1.29 is 8.85 Å². The molecule has 2 fully saturated rings. The van der Waals surface area contributed by atoms with Gasteiger partial charge in [-0.3, -0.25) is 0 Å². The van der Waals surface area contributed by atoms with E-state index in [0.29, 0.717) is 17.9 Å². The van der Waals surface area contributed by atoms with E-state index in [1.807, 2.05) is 11.8 Å². The van der Waals surface area contributed by atoms with Gasteiger partial charge in [0.05, 0.1) is 6.10 Å². The van der Waals surface area contributed by atoms with E-state index in [0.717, 1.165) is 11.0 Å². The first-order chi connectivity index (χ1) is 11.1. The molecule has 1 heterocycles. The molecule has 0 radical (unpaired) electrons. The smallest absolute Gasteiger partial charge is 0.399 e. The van der Waals surface area contributed by atoms with Crippen molar-refractivity contribution in [3.63, 3.8) is 0 Å². The standard InChI is InChI=1S/C20H38O2SSi/c1-8-19(23-20(5,6)7)22-24(12-9-13-24)21-18-14-16(4)10-11-17(18)15(2)3/h8,15-18H,9-14H2,1-7H3/b19-8-/t16-,17+,18-/m1/s1. The fourth-order valence-corrected chi connectivity index (χ4v) is 7.93. The van der Waals surface area contributed by atoms with Crippen molar-refractivity contribution >= 4 is 20.3 Å². The van der Waals surface area contributed by atoms with E-state index in [2.05, 4.69) is 54.5 Å². The highest BCUT2D eigenvalue weighted by atomic mass is 32.2. The second-order valence-corrected chi connectivity index (χ2v) is 14.3. The molecule has 0 aromatic carbocycles. The van der Waals surface area contributed by atoms with Crippen molar-refractivity contribution in [1.29, 1.82) is 0 Å². The van der Waals surface area contributed by atoms with Gasteiger partial charge in [0.15, 0.2) is 0 Å². The minimum Gasteiger partial charge on any atom is -0.515 e. The van der Waals surface area contributed by atoms with Crippen LogP contribution in [0.5, 0.6) is 0 Å². The number of hydrogen-bond acceptors (Lipinski definition) is 3. The molecule has 0 aromatic rings. The molecule has 1 saturated carbocycles. The van der Waals surface area contributed by atoms with Gasteiger partial charge in [0.2, 0.25) is 0 Å². The zero-order valence-corrected chi connectivity index (χ0v) is 18.7. The van der Waals surface area contributed by atoms with Crippen LogP contribution in [0.25, 0.3) is 0 Å². The molecule has 0 amide bonds. The van der Waals surface area contributed by atoms with Crippen LogP contribution in [0.15, 0.2) is 11.2 Å². The van der Waals surface area contributed by atoms with Gasteiger partial charge in [-0.25, -0.2) is 0 Å². The Labute approximate surface area is 155 Å². The second-order valence-electron chi connectivity index (χ2n) is 9.17. The van der Waals surface area contributed by atoms with E-state index in [9.17, 15) is 0 Å². The van der Waals surface area contributed by atoms with Crippen LogP contribution in [0.3, 0.4) is 0 Å². The lowest BCUT2D eigenvalue weighted by molar-refractivity contribution is 0.0143. The molecule has 1 aliphatic carbocycles. The summed E-state index contributed by atoms with van der Waals surface area (Å²) in [6.07, 6.45) is 7.73. The van der Waals surface area contributed by atoms with Gasteiger partial charge in [0.1, 0.15) is 5.09 Å². The maximum Gasteiger partial charge on any atom is 0.399 e. The largest absolute Gasteiger partial charge is 0.515 e. The summed E-state index contributed by atoms with van der Waals surface area (Å²) in [5, 5.41) is 1.08. The second kappa shape index (κ2) is 8.18. The van der Waals surface area contributed by atoms with Gasteiger partial charge in [0, 0.05) is 16.8 Å². The summed E-state index contributed by atoms with van der Waals surface area (Å²) in [5.41, 5.74) is 0. The van der Waals surface area contributed by atoms with Gasteiger partial charge in [-0.15, -0.1) is 0 Å². The van der Waals surface area contributed by atoms with Crippen LogP contribution >= 0.6 is 11.8 Å². The lowest BCUT2D eigenvalue weighted by Gasteiger charge is -2.46. The third-order valence-corrected chi connectivity index (χ3v) is 10.2. The molecule has 1 saturated heterocycles. The molecule has 4 heteroatoms. The lowest BCUT2D eigenvalue weighted by atomic mass is 9.75. The van der Waals surface area contributed by atoms with Crippen molar-refractivity contribution in [2.45, 2.75) is 97.1 Å². The van der Waals surface area contributed by atoms with Gasteiger partial charge in [-0.2, -0.15) is 0 Å². The van der Waals surface area contributed by atoms with E-state index in [1.165, 1.54) is 37.8 Å². The summed E-state index contributed by atoms with van der Waals surface area (Å²) in [6.45, 7) is 15.9. The summed E-state index contributed by atoms with van der Waals surface area (Å²) in [6, 6.07) is 2.34. The Morgan fingerprint density at radius 2 is 1.88 bits per heavy atom. The van der Waals surface area contributed by atoms with Crippen LogP contribution in [0.1, 0.15) is 74.1 Å². The predicted octanol–water partition coefficient (Wildman–Crippen LogP) is 6.72. The van der Waals surface area contributed by atoms with E-state index in [4.69, 9.17) is 8.85 Å². The van der Waals surface area contributed by atoms with Crippen LogP contribution in [0, 0.1) is 17.8 Å². The molecule has 2 aliphatic rings. The zero-order chi connectivity index (χ0) is 18.0. The normalized spacial score (nSPS) is 31.0. The molecule has 140 valence electrons. The molecule has 24 heavy (non-hydrogen) atoms. The first-order valence-electron chi connectivity index (χ1n) is 9.86. The Bertz CT molecular complexity index is 437. The molecule has 0 aromatic heterocycles. The van der Waals surface area contributed by atoms with Gasteiger partial charge < -0.3 is 8.85 Å². The molecule has 2 rings (SSSR count). The maximum atomic E-state index is 6.87. The molecular weight excluding hydrogens is 332 g/mol. The monoisotopic (exact) mass is 370 g/mol. The third-order valence-electron chi connectivity index (χ3n) is 5.37. The quantitative estimate of drug-likeness (QED) is 0.382. The molecular formula is C20H38O2SSi. The summed E-state index contributed by atoms with van der Waals surface area (Å²) in [7, 11) is -2.02. The van der Waals surface area contributed by atoms with Crippen molar-refractivity contribution in [2.24, 2.45) is 17.8 Å². The molecule has 0 unspecified atom stereocenters. The minimum atomic E-state index is -2.02. The number of hydrogen-bond donors (Lipinski definition) is 0. The van der Waals surface area contributed by atoms with E-state index in [1.54, 1.807) is 0 Å². The Morgan fingerprint density at radius 1 is 1.21 bits per heavy atom. The van der Waals surface area contributed by atoms with Crippen molar-refractivity contribution in [1.82, 2.24) is 0 Å². The Kier molecular flexibility index (Phi) is 6.94. The molecule has 0 bridgehead atoms. The van der Waals surface area contributed by atoms with Crippen LogP contribution < -0.4 is 0 Å². The number of allylic oxidation sites excluding steroid dienone is 1. The van der Waals surface area contributed by atoms with E-state index < -0.39 is 8.56 Å².